The molecule has 1 unspecified atom stereocenters. The molecule has 0 radical (unpaired) electrons. The number of imide groups is 1. The van der Waals surface area contributed by atoms with Crippen LogP contribution >= 0.6 is 11.8 Å². The number of carbonyl (C=O) groups is 2. The molecular weight excluding hydrogens is 305 g/mol. The fourth-order valence-electron chi connectivity index (χ4n) is 2.48. The number of fused-ring (bicyclic) bond motifs is 1. The Bertz CT molecular complexity index is 581. The van der Waals surface area contributed by atoms with E-state index in [0.29, 0.717) is 12.3 Å². The van der Waals surface area contributed by atoms with Gasteiger partial charge in [0.25, 0.3) is 5.91 Å². The number of alkyl halides is 3. The molecular formula is C13H11F3N2O2S. The Labute approximate surface area is 122 Å². The molecule has 0 aromatic heterocycles. The van der Waals surface area contributed by atoms with Crippen LogP contribution in [0.25, 0.3) is 0 Å². The van der Waals surface area contributed by atoms with Crippen LogP contribution < -0.4 is 4.90 Å². The Morgan fingerprint density at radius 3 is 2.67 bits per heavy atom. The van der Waals surface area contributed by atoms with E-state index >= 15 is 0 Å². The maximum absolute atomic E-state index is 12.7. The third-order valence-electron chi connectivity index (χ3n) is 3.52. The van der Waals surface area contributed by atoms with Crippen LogP contribution in [-0.4, -0.2) is 34.5 Å². The summed E-state index contributed by atoms with van der Waals surface area (Å²) in [5, 5.41) is 0. The number of urea groups is 1. The molecule has 4 nitrogen and oxygen atoms in total. The SMILES string of the molecule is O=C1C2CCSCN2C(=O)N1c1cccc(C(F)(F)F)c1. The minimum Gasteiger partial charge on any atom is -0.303 e. The zero-order valence-electron chi connectivity index (χ0n) is 10.8. The Morgan fingerprint density at radius 1 is 1.24 bits per heavy atom. The number of thioether (sulfide) groups is 1. The second-order valence-electron chi connectivity index (χ2n) is 4.82. The molecule has 2 saturated heterocycles. The lowest BCUT2D eigenvalue weighted by atomic mass is 10.1. The van der Waals surface area contributed by atoms with Gasteiger partial charge < -0.3 is 4.90 Å². The topological polar surface area (TPSA) is 40.6 Å². The van der Waals surface area contributed by atoms with E-state index in [0.717, 1.165) is 22.8 Å². The highest BCUT2D eigenvalue weighted by atomic mass is 32.2. The summed E-state index contributed by atoms with van der Waals surface area (Å²) in [6, 6.07) is 3.20. The summed E-state index contributed by atoms with van der Waals surface area (Å²) in [6.45, 7) is 0. The first-order chi connectivity index (χ1) is 9.89. The number of hydrogen-bond donors (Lipinski definition) is 0. The quantitative estimate of drug-likeness (QED) is 0.748. The van der Waals surface area contributed by atoms with Gasteiger partial charge in [-0.05, 0) is 30.4 Å². The molecule has 0 spiro atoms. The van der Waals surface area contributed by atoms with Crippen molar-refractivity contribution in [2.75, 3.05) is 16.5 Å². The number of benzene rings is 1. The lowest BCUT2D eigenvalue weighted by molar-refractivity contribution is -0.137. The smallest absolute Gasteiger partial charge is 0.303 e. The molecule has 1 atom stereocenters. The molecule has 2 aliphatic heterocycles. The van der Waals surface area contributed by atoms with Gasteiger partial charge in [-0.3, -0.25) is 4.79 Å². The van der Waals surface area contributed by atoms with Gasteiger partial charge in [0, 0.05) is 0 Å². The Kier molecular flexibility index (Phi) is 3.35. The van der Waals surface area contributed by atoms with Gasteiger partial charge in [-0.15, -0.1) is 11.8 Å². The molecule has 2 fully saturated rings. The molecule has 2 heterocycles. The highest BCUT2D eigenvalue weighted by Crippen LogP contribution is 2.35. The van der Waals surface area contributed by atoms with E-state index in [-0.39, 0.29) is 5.69 Å². The van der Waals surface area contributed by atoms with E-state index in [1.807, 2.05) is 0 Å². The summed E-state index contributed by atoms with van der Waals surface area (Å²) in [4.78, 5) is 26.8. The number of rotatable bonds is 1. The standard InChI is InChI=1S/C13H11F3N2O2S/c14-13(15,16)8-2-1-3-9(6-8)18-11(19)10-4-5-21-7-17(10)12(18)20/h1-3,6,10H,4-5,7H2. The van der Waals surface area contributed by atoms with Gasteiger partial charge in [0.2, 0.25) is 0 Å². The number of anilines is 1. The lowest BCUT2D eigenvalue weighted by Crippen LogP contribution is -2.38. The second-order valence-corrected chi connectivity index (χ2v) is 5.89. The number of carbonyl (C=O) groups excluding carboxylic acids is 2. The van der Waals surface area contributed by atoms with Crippen LogP contribution in [0.15, 0.2) is 24.3 Å². The minimum absolute atomic E-state index is 0.0285. The summed E-state index contributed by atoms with van der Waals surface area (Å²) in [6.07, 6.45) is -3.98. The van der Waals surface area contributed by atoms with Crippen molar-refractivity contribution < 1.29 is 22.8 Å². The van der Waals surface area contributed by atoms with Crippen LogP contribution in [0.4, 0.5) is 23.7 Å². The predicted molar refractivity (Wildman–Crippen MR) is 71.9 cm³/mol. The van der Waals surface area contributed by atoms with Gasteiger partial charge in [0.1, 0.15) is 6.04 Å². The van der Waals surface area contributed by atoms with Crippen LogP contribution in [-0.2, 0) is 11.0 Å². The minimum atomic E-state index is -4.51. The first kappa shape index (κ1) is 14.2. The third kappa shape index (κ3) is 2.37. The highest BCUT2D eigenvalue weighted by Gasteiger charge is 2.47. The van der Waals surface area contributed by atoms with Crippen LogP contribution in [0.1, 0.15) is 12.0 Å². The van der Waals surface area contributed by atoms with Crippen molar-refractivity contribution in [1.29, 1.82) is 0 Å². The van der Waals surface area contributed by atoms with E-state index in [1.165, 1.54) is 28.8 Å². The third-order valence-corrected chi connectivity index (χ3v) is 4.50. The number of nitrogens with zero attached hydrogens (tertiary/aromatic N) is 2. The zero-order valence-corrected chi connectivity index (χ0v) is 11.6. The summed E-state index contributed by atoms with van der Waals surface area (Å²) in [5.74, 6) is 0.709. The molecule has 3 amide bonds. The van der Waals surface area contributed by atoms with Gasteiger partial charge in [-0.25, -0.2) is 9.69 Å². The van der Waals surface area contributed by atoms with Crippen molar-refractivity contribution in [2.45, 2.75) is 18.6 Å². The van der Waals surface area contributed by atoms with Crippen LogP contribution in [0.5, 0.6) is 0 Å². The fraction of sp³-hybridized carbons (Fsp3) is 0.385. The molecule has 3 rings (SSSR count). The zero-order chi connectivity index (χ0) is 15.2. The molecule has 112 valence electrons. The van der Waals surface area contributed by atoms with Crippen molar-refractivity contribution in [3.8, 4) is 0 Å². The molecule has 8 heteroatoms. The normalized spacial score (nSPS) is 22.7. The Morgan fingerprint density at radius 2 is 2.00 bits per heavy atom. The van der Waals surface area contributed by atoms with Crippen LogP contribution in [0, 0.1) is 0 Å². The maximum atomic E-state index is 12.7. The van der Waals surface area contributed by atoms with E-state index in [1.54, 1.807) is 0 Å². The average molecular weight is 316 g/mol. The van der Waals surface area contributed by atoms with Gasteiger partial charge >= 0.3 is 12.2 Å². The molecule has 0 saturated carbocycles. The molecule has 21 heavy (non-hydrogen) atoms. The monoisotopic (exact) mass is 316 g/mol. The Balaban J connectivity index is 1.97. The molecule has 0 bridgehead atoms. The first-order valence-corrected chi connectivity index (χ1v) is 7.44. The molecule has 2 aliphatic rings. The van der Waals surface area contributed by atoms with E-state index in [2.05, 4.69) is 0 Å². The lowest BCUT2D eigenvalue weighted by Gasteiger charge is -2.25. The molecule has 0 N–H and O–H groups in total. The number of halogens is 3. The van der Waals surface area contributed by atoms with Gasteiger partial charge in [0.05, 0.1) is 17.1 Å². The van der Waals surface area contributed by atoms with Crippen LogP contribution in [0.2, 0.25) is 0 Å². The average Bonchev–Trinajstić information content (AvgIpc) is 2.71. The number of amides is 3. The van der Waals surface area contributed by atoms with E-state index < -0.39 is 29.7 Å². The first-order valence-electron chi connectivity index (χ1n) is 6.29. The van der Waals surface area contributed by atoms with Crippen molar-refractivity contribution in [1.82, 2.24) is 4.90 Å². The van der Waals surface area contributed by atoms with E-state index in [4.69, 9.17) is 0 Å². The maximum Gasteiger partial charge on any atom is 0.416 e. The van der Waals surface area contributed by atoms with Gasteiger partial charge in [-0.1, -0.05) is 6.07 Å². The summed E-state index contributed by atoms with van der Waals surface area (Å²) < 4.78 is 38.2. The van der Waals surface area contributed by atoms with E-state index in [9.17, 15) is 22.8 Å². The fourth-order valence-corrected chi connectivity index (χ4v) is 3.49. The summed E-state index contributed by atoms with van der Waals surface area (Å²) >= 11 is 1.53. The summed E-state index contributed by atoms with van der Waals surface area (Å²) in [5.41, 5.74) is -0.904. The molecule has 0 aliphatic carbocycles. The van der Waals surface area contributed by atoms with Crippen molar-refractivity contribution in [2.24, 2.45) is 0 Å². The predicted octanol–water partition coefficient (Wildman–Crippen LogP) is 2.94. The largest absolute Gasteiger partial charge is 0.416 e. The highest BCUT2D eigenvalue weighted by molar-refractivity contribution is 7.99. The molecule has 1 aromatic rings. The van der Waals surface area contributed by atoms with Crippen molar-refractivity contribution >= 4 is 29.4 Å². The summed E-state index contributed by atoms with van der Waals surface area (Å²) in [7, 11) is 0. The van der Waals surface area contributed by atoms with Gasteiger partial charge in [0.15, 0.2) is 0 Å². The van der Waals surface area contributed by atoms with Crippen molar-refractivity contribution in [3.63, 3.8) is 0 Å². The molecule has 1 aromatic carbocycles. The Hall–Kier alpha value is -1.70. The van der Waals surface area contributed by atoms with Crippen LogP contribution in [0.3, 0.4) is 0 Å². The van der Waals surface area contributed by atoms with Gasteiger partial charge in [-0.2, -0.15) is 13.2 Å². The van der Waals surface area contributed by atoms with Crippen molar-refractivity contribution in [3.05, 3.63) is 29.8 Å². The number of hydrogen-bond acceptors (Lipinski definition) is 3. The second kappa shape index (κ2) is 4.94.